The number of benzene rings is 1. The molecular formula is C14H19F3N2O2S. The van der Waals surface area contributed by atoms with Crippen LogP contribution in [0.4, 0.5) is 13.2 Å². The zero-order valence-corrected chi connectivity index (χ0v) is 12.9. The molecule has 0 aliphatic carbocycles. The number of halogens is 3. The van der Waals surface area contributed by atoms with Gasteiger partial charge < -0.3 is 4.90 Å². The first-order valence-corrected chi connectivity index (χ1v) is 8.75. The molecule has 0 saturated carbocycles. The van der Waals surface area contributed by atoms with Gasteiger partial charge in [0.2, 0.25) is 10.0 Å². The van der Waals surface area contributed by atoms with E-state index in [9.17, 15) is 21.6 Å². The van der Waals surface area contributed by atoms with Crippen molar-refractivity contribution >= 4 is 10.0 Å². The molecule has 0 atom stereocenters. The van der Waals surface area contributed by atoms with Gasteiger partial charge in [0.1, 0.15) is 10.7 Å². The van der Waals surface area contributed by atoms with Crippen LogP contribution < -0.4 is 4.72 Å². The van der Waals surface area contributed by atoms with Gasteiger partial charge in [0.25, 0.3) is 0 Å². The van der Waals surface area contributed by atoms with Crippen LogP contribution in [0.1, 0.15) is 25.7 Å². The Morgan fingerprint density at radius 2 is 1.64 bits per heavy atom. The normalized spacial score (nSPS) is 16.9. The van der Waals surface area contributed by atoms with Gasteiger partial charge in [-0.1, -0.05) is 6.42 Å². The fraction of sp³-hybridized carbons (Fsp3) is 0.571. The van der Waals surface area contributed by atoms with Crippen molar-refractivity contribution < 1.29 is 21.6 Å². The number of rotatable bonds is 6. The number of nitrogens with zero attached hydrogens (tertiary/aromatic N) is 1. The summed E-state index contributed by atoms with van der Waals surface area (Å²) in [5.74, 6) is -4.11. The van der Waals surface area contributed by atoms with Gasteiger partial charge in [0, 0.05) is 12.6 Å². The van der Waals surface area contributed by atoms with Crippen LogP contribution >= 0.6 is 0 Å². The average molecular weight is 336 g/mol. The van der Waals surface area contributed by atoms with E-state index in [-0.39, 0.29) is 12.6 Å². The topological polar surface area (TPSA) is 49.4 Å². The Labute approximate surface area is 128 Å². The summed E-state index contributed by atoms with van der Waals surface area (Å²) in [5.41, 5.74) is 0. The van der Waals surface area contributed by atoms with Crippen LogP contribution in [0.5, 0.6) is 0 Å². The minimum absolute atomic E-state index is 0.122. The molecule has 4 nitrogen and oxygen atoms in total. The molecule has 0 radical (unpaired) electrons. The molecule has 1 saturated heterocycles. The van der Waals surface area contributed by atoms with Gasteiger partial charge in [-0.2, -0.15) is 0 Å². The fourth-order valence-electron chi connectivity index (χ4n) is 2.48. The molecule has 2 rings (SSSR count). The number of nitrogens with one attached hydrogen (secondary N) is 1. The third-order valence-electron chi connectivity index (χ3n) is 3.66. The Balaban J connectivity index is 1.89. The molecule has 1 aliphatic rings. The van der Waals surface area contributed by atoms with Crippen LogP contribution in [-0.2, 0) is 10.0 Å². The van der Waals surface area contributed by atoms with Crippen LogP contribution in [0.15, 0.2) is 17.0 Å². The summed E-state index contributed by atoms with van der Waals surface area (Å²) in [6, 6.07) is 0.593. The van der Waals surface area contributed by atoms with Crippen molar-refractivity contribution in [3.05, 3.63) is 29.6 Å². The van der Waals surface area contributed by atoms with Gasteiger partial charge in [-0.15, -0.1) is 0 Å². The van der Waals surface area contributed by atoms with Gasteiger partial charge in [-0.05, 0) is 45.0 Å². The molecule has 0 bridgehead atoms. The Hall–Kier alpha value is -1.12. The number of hydrogen-bond acceptors (Lipinski definition) is 3. The highest BCUT2D eigenvalue weighted by Crippen LogP contribution is 2.18. The highest BCUT2D eigenvalue weighted by Gasteiger charge is 2.21. The van der Waals surface area contributed by atoms with Crippen LogP contribution in [0.3, 0.4) is 0 Å². The first-order valence-electron chi connectivity index (χ1n) is 7.27. The Morgan fingerprint density at radius 1 is 1.00 bits per heavy atom. The van der Waals surface area contributed by atoms with E-state index >= 15 is 0 Å². The lowest BCUT2D eigenvalue weighted by Gasteiger charge is -2.26. The lowest BCUT2D eigenvalue weighted by atomic mass is 10.1. The van der Waals surface area contributed by atoms with E-state index in [0.717, 1.165) is 32.5 Å². The van der Waals surface area contributed by atoms with E-state index in [1.807, 2.05) is 0 Å². The molecule has 1 fully saturated rings. The summed E-state index contributed by atoms with van der Waals surface area (Å²) < 4.78 is 65.4. The van der Waals surface area contributed by atoms with E-state index in [0.29, 0.717) is 12.5 Å². The lowest BCUT2D eigenvalue weighted by Crippen LogP contribution is -2.33. The standard InChI is InChI=1S/C14H19F3N2O2S/c15-11-9-13(17)14(10-12(11)16)22(20,21)18-5-4-8-19-6-2-1-3-7-19/h9-10,18H,1-8H2. The predicted octanol–water partition coefficient (Wildman–Crippen LogP) is 2.26. The quantitative estimate of drug-likeness (QED) is 0.640. The number of sulfonamides is 1. The largest absolute Gasteiger partial charge is 0.303 e. The third kappa shape index (κ3) is 4.44. The third-order valence-corrected chi connectivity index (χ3v) is 5.13. The van der Waals surface area contributed by atoms with E-state index in [4.69, 9.17) is 0 Å². The van der Waals surface area contributed by atoms with Crippen molar-refractivity contribution in [3.63, 3.8) is 0 Å². The molecule has 1 N–H and O–H groups in total. The van der Waals surface area contributed by atoms with Crippen LogP contribution in [0.25, 0.3) is 0 Å². The van der Waals surface area contributed by atoms with Gasteiger partial charge in [0.05, 0.1) is 0 Å². The van der Waals surface area contributed by atoms with Crippen LogP contribution in [0.2, 0.25) is 0 Å². The van der Waals surface area contributed by atoms with Crippen molar-refractivity contribution in [2.24, 2.45) is 0 Å². The van der Waals surface area contributed by atoms with Gasteiger partial charge in [0.15, 0.2) is 11.6 Å². The maximum absolute atomic E-state index is 13.5. The first-order chi connectivity index (χ1) is 10.4. The van der Waals surface area contributed by atoms with Gasteiger partial charge in [-0.25, -0.2) is 26.3 Å². The summed E-state index contributed by atoms with van der Waals surface area (Å²) in [5, 5.41) is 0. The average Bonchev–Trinajstić information content (AvgIpc) is 2.48. The molecule has 1 aromatic rings. The van der Waals surface area contributed by atoms with Crippen molar-refractivity contribution in [3.8, 4) is 0 Å². The van der Waals surface area contributed by atoms with Gasteiger partial charge in [-0.3, -0.25) is 0 Å². The second-order valence-corrected chi connectivity index (χ2v) is 7.09. The fourth-order valence-corrected chi connectivity index (χ4v) is 3.62. The second-order valence-electron chi connectivity index (χ2n) is 5.35. The lowest BCUT2D eigenvalue weighted by molar-refractivity contribution is 0.227. The number of piperidine rings is 1. The van der Waals surface area contributed by atoms with Crippen molar-refractivity contribution in [2.45, 2.75) is 30.6 Å². The van der Waals surface area contributed by atoms with E-state index in [2.05, 4.69) is 9.62 Å². The van der Waals surface area contributed by atoms with Crippen LogP contribution in [-0.4, -0.2) is 39.5 Å². The van der Waals surface area contributed by atoms with E-state index in [1.165, 1.54) is 6.42 Å². The minimum Gasteiger partial charge on any atom is -0.303 e. The van der Waals surface area contributed by atoms with Crippen molar-refractivity contribution in [2.75, 3.05) is 26.2 Å². The minimum atomic E-state index is -4.18. The zero-order chi connectivity index (χ0) is 16.2. The highest BCUT2D eigenvalue weighted by molar-refractivity contribution is 7.89. The SMILES string of the molecule is O=S(=O)(NCCCN1CCCCC1)c1cc(F)c(F)cc1F. The molecule has 0 amide bonds. The molecule has 0 spiro atoms. The van der Waals surface area contributed by atoms with Crippen molar-refractivity contribution in [1.82, 2.24) is 9.62 Å². The summed E-state index contributed by atoms with van der Waals surface area (Å²) >= 11 is 0. The molecule has 0 aromatic heterocycles. The molecule has 22 heavy (non-hydrogen) atoms. The molecule has 1 aliphatic heterocycles. The molecule has 124 valence electrons. The summed E-state index contributed by atoms with van der Waals surface area (Å²) in [6.45, 7) is 2.88. The Morgan fingerprint density at radius 3 is 2.32 bits per heavy atom. The maximum atomic E-state index is 13.5. The summed E-state index contributed by atoms with van der Waals surface area (Å²) in [6.07, 6.45) is 4.08. The smallest absolute Gasteiger partial charge is 0.243 e. The van der Waals surface area contributed by atoms with E-state index < -0.39 is 32.4 Å². The van der Waals surface area contributed by atoms with Gasteiger partial charge >= 0.3 is 0 Å². The zero-order valence-electron chi connectivity index (χ0n) is 12.1. The molecule has 8 heteroatoms. The van der Waals surface area contributed by atoms with Crippen molar-refractivity contribution in [1.29, 1.82) is 0 Å². The summed E-state index contributed by atoms with van der Waals surface area (Å²) in [7, 11) is -4.18. The molecule has 1 aromatic carbocycles. The first kappa shape index (κ1) is 17.2. The highest BCUT2D eigenvalue weighted by atomic mass is 32.2. The number of hydrogen-bond donors (Lipinski definition) is 1. The monoisotopic (exact) mass is 336 g/mol. The summed E-state index contributed by atoms with van der Waals surface area (Å²) in [4.78, 5) is 1.38. The Kier molecular flexibility index (Phi) is 5.82. The van der Waals surface area contributed by atoms with Crippen LogP contribution in [0, 0.1) is 17.5 Å². The predicted molar refractivity (Wildman–Crippen MR) is 76.4 cm³/mol. The molecular weight excluding hydrogens is 317 g/mol. The maximum Gasteiger partial charge on any atom is 0.243 e. The molecule has 1 heterocycles. The Bertz CT molecular complexity index is 617. The molecule has 0 unspecified atom stereocenters. The second kappa shape index (κ2) is 7.43. The number of likely N-dealkylation sites (tertiary alicyclic amines) is 1. The van der Waals surface area contributed by atoms with E-state index in [1.54, 1.807) is 0 Å².